The standard InChI is InChI=1S/C15H22N2O3/c1-5-17(12-8-6-7-11(4)9-12)15(20)16-13(10(2)3)14(18)19/h6-10,13H,5H2,1-4H3,(H,16,20)(H,18,19). The number of hydrogen-bond acceptors (Lipinski definition) is 2. The first kappa shape index (κ1) is 16.0. The fraction of sp³-hybridized carbons (Fsp3) is 0.467. The lowest BCUT2D eigenvalue weighted by molar-refractivity contribution is -0.140. The summed E-state index contributed by atoms with van der Waals surface area (Å²) in [4.78, 5) is 24.9. The third-order valence-electron chi connectivity index (χ3n) is 3.09. The van der Waals surface area contributed by atoms with Gasteiger partial charge in [-0.1, -0.05) is 26.0 Å². The predicted octanol–water partition coefficient (Wildman–Crippen LogP) is 2.64. The fourth-order valence-electron chi connectivity index (χ4n) is 1.96. The van der Waals surface area contributed by atoms with E-state index >= 15 is 0 Å². The van der Waals surface area contributed by atoms with Gasteiger partial charge >= 0.3 is 12.0 Å². The lowest BCUT2D eigenvalue weighted by Crippen LogP contribution is -2.50. The quantitative estimate of drug-likeness (QED) is 0.870. The zero-order chi connectivity index (χ0) is 15.3. The number of anilines is 1. The van der Waals surface area contributed by atoms with Gasteiger partial charge in [-0.2, -0.15) is 0 Å². The third-order valence-corrected chi connectivity index (χ3v) is 3.09. The Morgan fingerprint density at radius 1 is 1.35 bits per heavy atom. The van der Waals surface area contributed by atoms with E-state index in [0.29, 0.717) is 6.54 Å². The maximum Gasteiger partial charge on any atom is 0.326 e. The number of carbonyl (C=O) groups is 2. The molecule has 0 saturated heterocycles. The van der Waals surface area contributed by atoms with Crippen molar-refractivity contribution in [3.8, 4) is 0 Å². The number of aryl methyl sites for hydroxylation is 1. The molecule has 0 aromatic heterocycles. The van der Waals surface area contributed by atoms with Crippen molar-refractivity contribution in [2.45, 2.75) is 33.7 Å². The minimum absolute atomic E-state index is 0.173. The third kappa shape index (κ3) is 3.98. The highest BCUT2D eigenvalue weighted by Crippen LogP contribution is 2.16. The Bertz CT molecular complexity index is 486. The van der Waals surface area contributed by atoms with Gasteiger partial charge in [0.2, 0.25) is 0 Å². The smallest absolute Gasteiger partial charge is 0.326 e. The van der Waals surface area contributed by atoms with E-state index in [2.05, 4.69) is 5.32 Å². The van der Waals surface area contributed by atoms with E-state index in [4.69, 9.17) is 5.11 Å². The van der Waals surface area contributed by atoms with Crippen LogP contribution in [0.15, 0.2) is 24.3 Å². The molecule has 1 aromatic rings. The van der Waals surface area contributed by atoms with E-state index in [1.807, 2.05) is 38.1 Å². The maximum atomic E-state index is 12.3. The van der Waals surface area contributed by atoms with Gasteiger partial charge in [0.1, 0.15) is 6.04 Å². The first-order valence-corrected chi connectivity index (χ1v) is 6.74. The second kappa shape index (κ2) is 6.93. The van der Waals surface area contributed by atoms with Crippen LogP contribution in [0.3, 0.4) is 0 Å². The molecule has 2 amide bonds. The molecule has 5 heteroatoms. The fourth-order valence-corrected chi connectivity index (χ4v) is 1.96. The average Bonchev–Trinajstić information content (AvgIpc) is 2.36. The van der Waals surface area contributed by atoms with Crippen molar-refractivity contribution >= 4 is 17.7 Å². The van der Waals surface area contributed by atoms with E-state index in [9.17, 15) is 9.59 Å². The summed E-state index contributed by atoms with van der Waals surface area (Å²) < 4.78 is 0. The Balaban J connectivity index is 2.90. The summed E-state index contributed by atoms with van der Waals surface area (Å²) in [6.07, 6.45) is 0. The minimum atomic E-state index is -1.02. The Morgan fingerprint density at radius 2 is 2.00 bits per heavy atom. The van der Waals surface area contributed by atoms with E-state index in [-0.39, 0.29) is 11.9 Å². The summed E-state index contributed by atoms with van der Waals surface area (Å²) in [7, 11) is 0. The summed E-state index contributed by atoms with van der Waals surface area (Å²) in [6, 6.07) is 6.27. The summed E-state index contributed by atoms with van der Waals surface area (Å²) in [5, 5.41) is 11.7. The molecule has 0 aliphatic carbocycles. The van der Waals surface area contributed by atoms with Crippen LogP contribution < -0.4 is 10.2 Å². The van der Waals surface area contributed by atoms with Crippen LogP contribution in [0, 0.1) is 12.8 Å². The average molecular weight is 278 g/mol. The number of hydrogen-bond donors (Lipinski definition) is 2. The molecule has 0 radical (unpaired) electrons. The van der Waals surface area contributed by atoms with E-state index < -0.39 is 12.0 Å². The highest BCUT2D eigenvalue weighted by atomic mass is 16.4. The van der Waals surface area contributed by atoms with Crippen molar-refractivity contribution in [2.75, 3.05) is 11.4 Å². The van der Waals surface area contributed by atoms with Crippen LogP contribution in [0.4, 0.5) is 10.5 Å². The first-order chi connectivity index (χ1) is 9.36. The van der Waals surface area contributed by atoms with Gasteiger partial charge < -0.3 is 10.4 Å². The van der Waals surface area contributed by atoms with Crippen molar-refractivity contribution in [3.63, 3.8) is 0 Å². The number of rotatable bonds is 5. The molecule has 0 aliphatic heterocycles. The second-order valence-corrected chi connectivity index (χ2v) is 5.09. The van der Waals surface area contributed by atoms with Gasteiger partial charge in [0.15, 0.2) is 0 Å². The maximum absolute atomic E-state index is 12.3. The largest absolute Gasteiger partial charge is 0.480 e. The van der Waals surface area contributed by atoms with Gasteiger partial charge in [0.05, 0.1) is 0 Å². The number of carboxylic acids is 1. The van der Waals surface area contributed by atoms with Crippen molar-refractivity contribution in [2.24, 2.45) is 5.92 Å². The van der Waals surface area contributed by atoms with Gasteiger partial charge in [-0.15, -0.1) is 0 Å². The monoisotopic (exact) mass is 278 g/mol. The summed E-state index contributed by atoms with van der Waals surface area (Å²) in [5.74, 6) is -1.19. The zero-order valence-corrected chi connectivity index (χ0v) is 12.4. The molecule has 2 N–H and O–H groups in total. The molecule has 5 nitrogen and oxygen atoms in total. The molecular weight excluding hydrogens is 256 g/mol. The van der Waals surface area contributed by atoms with Crippen LogP contribution in [0.25, 0.3) is 0 Å². The first-order valence-electron chi connectivity index (χ1n) is 6.74. The lowest BCUT2D eigenvalue weighted by Gasteiger charge is -2.25. The molecule has 1 rings (SSSR count). The lowest BCUT2D eigenvalue weighted by atomic mass is 10.1. The van der Waals surface area contributed by atoms with Gasteiger partial charge in [-0.25, -0.2) is 9.59 Å². The zero-order valence-electron chi connectivity index (χ0n) is 12.4. The van der Waals surface area contributed by atoms with E-state index in [1.54, 1.807) is 13.8 Å². The van der Waals surface area contributed by atoms with Gasteiger partial charge in [0, 0.05) is 12.2 Å². The SMILES string of the molecule is CCN(C(=O)NC(C(=O)O)C(C)C)c1cccc(C)c1. The van der Waals surface area contributed by atoms with Gasteiger partial charge in [-0.05, 0) is 37.5 Å². The number of carbonyl (C=O) groups excluding carboxylic acids is 1. The number of urea groups is 1. The Hall–Kier alpha value is -2.04. The molecule has 20 heavy (non-hydrogen) atoms. The summed E-state index contributed by atoms with van der Waals surface area (Å²) >= 11 is 0. The number of amides is 2. The normalized spacial score (nSPS) is 12.1. The molecule has 0 saturated carbocycles. The highest BCUT2D eigenvalue weighted by molar-refractivity contribution is 5.94. The van der Waals surface area contributed by atoms with E-state index in [1.165, 1.54) is 4.90 Å². The van der Waals surface area contributed by atoms with Crippen molar-refractivity contribution in [1.29, 1.82) is 0 Å². The molecule has 0 fully saturated rings. The van der Waals surface area contributed by atoms with Crippen LogP contribution in [0.2, 0.25) is 0 Å². The molecule has 1 atom stereocenters. The molecule has 110 valence electrons. The van der Waals surface area contributed by atoms with Crippen LogP contribution in [0.5, 0.6) is 0 Å². The molecule has 0 spiro atoms. The van der Waals surface area contributed by atoms with Crippen molar-refractivity contribution in [1.82, 2.24) is 5.32 Å². The van der Waals surface area contributed by atoms with Gasteiger partial charge in [0.25, 0.3) is 0 Å². The number of aliphatic carboxylic acids is 1. The molecule has 1 aromatic carbocycles. The highest BCUT2D eigenvalue weighted by Gasteiger charge is 2.25. The van der Waals surface area contributed by atoms with Crippen LogP contribution in [-0.2, 0) is 4.79 Å². The summed E-state index contributed by atoms with van der Waals surface area (Å²) in [6.45, 7) is 7.81. The second-order valence-electron chi connectivity index (χ2n) is 5.09. The molecule has 0 aliphatic rings. The molecular formula is C15H22N2O3. The number of carboxylic acid groups (broad SMARTS) is 1. The van der Waals surface area contributed by atoms with Crippen molar-refractivity contribution < 1.29 is 14.7 Å². The molecule has 0 bridgehead atoms. The molecule has 1 unspecified atom stereocenters. The number of benzene rings is 1. The number of nitrogens with one attached hydrogen (secondary N) is 1. The summed E-state index contributed by atoms with van der Waals surface area (Å²) in [5.41, 5.74) is 1.81. The number of nitrogens with zero attached hydrogens (tertiary/aromatic N) is 1. The van der Waals surface area contributed by atoms with Crippen LogP contribution >= 0.6 is 0 Å². The van der Waals surface area contributed by atoms with Crippen LogP contribution in [0.1, 0.15) is 26.3 Å². The van der Waals surface area contributed by atoms with Crippen molar-refractivity contribution in [3.05, 3.63) is 29.8 Å². The van der Waals surface area contributed by atoms with E-state index in [0.717, 1.165) is 11.3 Å². The topological polar surface area (TPSA) is 69.6 Å². The Morgan fingerprint density at radius 3 is 2.45 bits per heavy atom. The predicted molar refractivity (Wildman–Crippen MR) is 79.0 cm³/mol. The Kier molecular flexibility index (Phi) is 5.55. The molecule has 0 heterocycles. The van der Waals surface area contributed by atoms with Crippen LogP contribution in [-0.4, -0.2) is 29.7 Å². The Labute approximate surface area is 119 Å². The minimum Gasteiger partial charge on any atom is -0.480 e. The van der Waals surface area contributed by atoms with Gasteiger partial charge in [-0.3, -0.25) is 4.90 Å².